The van der Waals surface area contributed by atoms with Crippen molar-refractivity contribution in [2.24, 2.45) is 17.8 Å². The van der Waals surface area contributed by atoms with Crippen LogP contribution in [0.4, 0.5) is 0 Å². The van der Waals surface area contributed by atoms with Crippen molar-refractivity contribution in [3.8, 4) is 0 Å². The third-order valence-electron chi connectivity index (χ3n) is 10.00. The number of hydrogen-bond acceptors (Lipinski definition) is 9. The standard InChI is InChI=1S/C20H37NO3.C10H17NO3.C9H15NO3/c1-3-5-6-7-8-9-10-11-12-13-19(22)21-16-14-18(15-17-21)20(23)24-4-2;1-3-14-10(13)9-4-6-11(7-5-9)8(2)12;1-7(11)10-5-3-8(4-6-10)9(12)13-2/h18H,3-17H2,1-2H3;9H,3-7H2,1-2H3;8H,3-6H2,1-2H3. The fourth-order valence-electron chi connectivity index (χ4n) is 6.66. The van der Waals surface area contributed by atoms with E-state index in [-0.39, 0.29) is 53.4 Å². The molecule has 3 aliphatic heterocycles. The molecule has 3 saturated heterocycles. The molecule has 0 aliphatic carbocycles. The Morgan fingerprint density at radius 3 is 1.16 bits per heavy atom. The van der Waals surface area contributed by atoms with Crippen LogP contribution < -0.4 is 0 Å². The summed E-state index contributed by atoms with van der Waals surface area (Å²) in [7, 11) is 1.40. The summed E-state index contributed by atoms with van der Waals surface area (Å²) in [5.74, 6) is 0.0474. The molecule has 294 valence electrons. The van der Waals surface area contributed by atoms with Crippen LogP contribution in [0.5, 0.6) is 0 Å². The van der Waals surface area contributed by atoms with Gasteiger partial charge in [0.1, 0.15) is 0 Å². The average Bonchev–Trinajstić information content (AvgIpc) is 3.14. The summed E-state index contributed by atoms with van der Waals surface area (Å²) >= 11 is 0. The second-order valence-corrected chi connectivity index (χ2v) is 13.8. The summed E-state index contributed by atoms with van der Waals surface area (Å²) in [6.07, 6.45) is 16.6. The van der Waals surface area contributed by atoms with Crippen LogP contribution in [-0.2, 0) is 43.0 Å². The molecule has 0 aromatic carbocycles. The Morgan fingerprint density at radius 1 is 0.490 bits per heavy atom. The maximum atomic E-state index is 12.2. The Bertz CT molecular complexity index is 1030. The topological polar surface area (TPSA) is 140 Å². The summed E-state index contributed by atoms with van der Waals surface area (Å²) in [6, 6.07) is 0. The van der Waals surface area contributed by atoms with Gasteiger partial charge in [-0.2, -0.15) is 0 Å². The van der Waals surface area contributed by atoms with Gasteiger partial charge in [0, 0.05) is 59.5 Å². The van der Waals surface area contributed by atoms with E-state index in [9.17, 15) is 28.8 Å². The van der Waals surface area contributed by atoms with E-state index in [4.69, 9.17) is 9.47 Å². The van der Waals surface area contributed by atoms with Gasteiger partial charge >= 0.3 is 17.9 Å². The van der Waals surface area contributed by atoms with Gasteiger partial charge in [-0.25, -0.2) is 0 Å². The van der Waals surface area contributed by atoms with Gasteiger partial charge in [-0.3, -0.25) is 28.8 Å². The van der Waals surface area contributed by atoms with Crippen molar-refractivity contribution in [3.63, 3.8) is 0 Å². The van der Waals surface area contributed by atoms with Gasteiger partial charge in [0.05, 0.1) is 38.1 Å². The van der Waals surface area contributed by atoms with E-state index in [0.29, 0.717) is 58.9 Å². The lowest BCUT2D eigenvalue weighted by Crippen LogP contribution is -2.40. The lowest BCUT2D eigenvalue weighted by atomic mass is 9.96. The summed E-state index contributed by atoms with van der Waals surface area (Å²) in [6.45, 7) is 14.0. The molecule has 0 aromatic rings. The zero-order chi connectivity index (χ0) is 38.0. The second kappa shape index (κ2) is 27.5. The molecule has 12 nitrogen and oxygen atoms in total. The minimum atomic E-state index is -0.150. The fourth-order valence-corrected chi connectivity index (χ4v) is 6.66. The molecule has 51 heavy (non-hydrogen) atoms. The van der Waals surface area contributed by atoms with E-state index in [0.717, 1.165) is 44.9 Å². The number of carbonyl (C=O) groups is 6. The number of ether oxygens (including phenoxy) is 3. The van der Waals surface area contributed by atoms with Gasteiger partial charge in [0.25, 0.3) is 0 Å². The first-order valence-electron chi connectivity index (χ1n) is 19.7. The van der Waals surface area contributed by atoms with Crippen LogP contribution in [0.3, 0.4) is 0 Å². The number of rotatable bonds is 15. The molecule has 3 fully saturated rings. The van der Waals surface area contributed by atoms with E-state index >= 15 is 0 Å². The third-order valence-corrected chi connectivity index (χ3v) is 10.00. The van der Waals surface area contributed by atoms with Crippen molar-refractivity contribution in [2.45, 2.75) is 137 Å². The van der Waals surface area contributed by atoms with Gasteiger partial charge in [-0.05, 0) is 58.8 Å². The highest BCUT2D eigenvalue weighted by Crippen LogP contribution is 2.21. The largest absolute Gasteiger partial charge is 0.469 e. The lowest BCUT2D eigenvalue weighted by Gasteiger charge is -2.31. The molecular weight excluding hydrogens is 654 g/mol. The molecule has 12 heteroatoms. The number of amides is 3. The molecule has 3 rings (SSSR count). The van der Waals surface area contributed by atoms with Gasteiger partial charge in [0.2, 0.25) is 17.7 Å². The zero-order valence-corrected chi connectivity index (χ0v) is 32.7. The van der Waals surface area contributed by atoms with Gasteiger partial charge < -0.3 is 28.9 Å². The average molecular weight is 724 g/mol. The predicted molar refractivity (Wildman–Crippen MR) is 196 cm³/mol. The zero-order valence-electron chi connectivity index (χ0n) is 32.7. The first-order chi connectivity index (χ1) is 24.5. The molecule has 3 aliphatic rings. The number of piperidine rings is 3. The highest BCUT2D eigenvalue weighted by atomic mass is 16.5. The summed E-state index contributed by atoms with van der Waals surface area (Å²) in [5.41, 5.74) is 0. The SMILES string of the molecule is CCCCCCCCCCCC(=O)N1CCC(C(=O)OCC)CC1.CCOC(=O)C1CCN(C(C)=O)CC1.COC(=O)C1CCN(C(C)=O)CC1. The number of hydrogen-bond donors (Lipinski definition) is 0. The van der Waals surface area contributed by atoms with E-state index in [1.165, 1.54) is 58.5 Å². The smallest absolute Gasteiger partial charge is 0.309 e. The molecule has 0 atom stereocenters. The van der Waals surface area contributed by atoms with E-state index in [1.807, 2.05) is 18.7 Å². The van der Waals surface area contributed by atoms with Crippen molar-refractivity contribution >= 4 is 35.6 Å². The Balaban J connectivity index is 0.000000410. The highest BCUT2D eigenvalue weighted by Gasteiger charge is 2.29. The van der Waals surface area contributed by atoms with E-state index < -0.39 is 0 Å². The van der Waals surface area contributed by atoms with Crippen LogP contribution in [0.25, 0.3) is 0 Å². The molecule has 3 amide bonds. The van der Waals surface area contributed by atoms with Gasteiger partial charge in [-0.15, -0.1) is 0 Å². The molecule has 0 unspecified atom stereocenters. The number of nitrogens with zero attached hydrogens (tertiary/aromatic N) is 3. The first-order valence-corrected chi connectivity index (χ1v) is 19.7. The predicted octanol–water partition coefficient (Wildman–Crippen LogP) is 5.93. The lowest BCUT2D eigenvalue weighted by molar-refractivity contribution is -0.151. The van der Waals surface area contributed by atoms with Crippen LogP contribution in [0.15, 0.2) is 0 Å². The van der Waals surface area contributed by atoms with Crippen molar-refractivity contribution in [2.75, 3.05) is 59.6 Å². The quantitative estimate of drug-likeness (QED) is 0.114. The number of unbranched alkanes of at least 4 members (excludes halogenated alkanes) is 8. The maximum absolute atomic E-state index is 12.2. The fraction of sp³-hybridized carbons (Fsp3) is 0.846. The number of esters is 3. The normalized spacial score (nSPS) is 16.9. The number of methoxy groups -OCH3 is 1. The first kappa shape index (κ1) is 45.8. The van der Waals surface area contributed by atoms with Crippen molar-refractivity contribution in [1.29, 1.82) is 0 Å². The number of carbonyl (C=O) groups excluding carboxylic acids is 6. The third kappa shape index (κ3) is 19.3. The molecule has 0 saturated carbocycles. The van der Waals surface area contributed by atoms with E-state index in [2.05, 4.69) is 11.7 Å². The monoisotopic (exact) mass is 724 g/mol. The second-order valence-electron chi connectivity index (χ2n) is 13.8. The molecule has 0 bridgehead atoms. The molecule has 0 N–H and O–H groups in total. The number of likely N-dealkylation sites (tertiary alicyclic amines) is 3. The minimum Gasteiger partial charge on any atom is -0.469 e. The van der Waals surface area contributed by atoms with Crippen molar-refractivity contribution < 1.29 is 43.0 Å². The van der Waals surface area contributed by atoms with Crippen LogP contribution in [0, 0.1) is 17.8 Å². The van der Waals surface area contributed by atoms with E-state index in [1.54, 1.807) is 23.6 Å². The van der Waals surface area contributed by atoms with Gasteiger partial charge in [-0.1, -0.05) is 58.3 Å². The van der Waals surface area contributed by atoms with Gasteiger partial charge in [0.15, 0.2) is 0 Å². The van der Waals surface area contributed by atoms with Crippen molar-refractivity contribution in [3.05, 3.63) is 0 Å². The molecule has 0 aromatic heterocycles. The van der Waals surface area contributed by atoms with Crippen molar-refractivity contribution in [1.82, 2.24) is 14.7 Å². The van der Waals surface area contributed by atoms with Crippen LogP contribution in [-0.4, -0.2) is 110 Å². The molecule has 3 heterocycles. The van der Waals surface area contributed by atoms with Crippen LogP contribution in [0.1, 0.15) is 137 Å². The Morgan fingerprint density at radius 2 is 0.824 bits per heavy atom. The summed E-state index contributed by atoms with van der Waals surface area (Å²) in [5, 5.41) is 0. The Kier molecular flexibility index (Phi) is 24.7. The maximum Gasteiger partial charge on any atom is 0.309 e. The van der Waals surface area contributed by atoms with Crippen LogP contribution >= 0.6 is 0 Å². The summed E-state index contributed by atoms with van der Waals surface area (Å²) < 4.78 is 14.6. The molecule has 0 spiro atoms. The highest BCUT2D eigenvalue weighted by molar-refractivity contribution is 5.78. The molecular formula is C39H69N3O9. The summed E-state index contributed by atoms with van der Waals surface area (Å²) in [4.78, 5) is 73.8. The molecule has 0 radical (unpaired) electrons. The van der Waals surface area contributed by atoms with Crippen LogP contribution in [0.2, 0.25) is 0 Å². The Labute approximate surface area is 307 Å². The Hall–Kier alpha value is -3.18. The minimum absolute atomic E-state index is 0.00875.